The fraction of sp³-hybridized carbons (Fsp3) is 0.167. The molecular weight excluding hydrogens is 264 g/mol. The van der Waals surface area contributed by atoms with Crippen molar-refractivity contribution in [3.8, 4) is 5.95 Å². The lowest BCUT2D eigenvalue weighted by atomic mass is 9.89. The summed E-state index contributed by atoms with van der Waals surface area (Å²) >= 11 is 0. The first-order chi connectivity index (χ1) is 10.2. The molecule has 0 aliphatic rings. The molecule has 106 valence electrons. The quantitative estimate of drug-likeness (QED) is 0.787. The third kappa shape index (κ3) is 2.31. The number of hydrogen-bond donors (Lipinski definition) is 1. The molecule has 1 N–H and O–H groups in total. The fourth-order valence-electron chi connectivity index (χ4n) is 2.74. The van der Waals surface area contributed by atoms with Crippen molar-refractivity contribution >= 4 is 11.0 Å². The monoisotopic (exact) mass is 280 g/mol. The highest BCUT2D eigenvalue weighted by molar-refractivity contribution is 5.77. The molecule has 2 aromatic carbocycles. The third-order valence-corrected chi connectivity index (χ3v) is 3.77. The normalized spacial score (nSPS) is 12.4. The Bertz CT molecular complexity index is 819. The SMILES string of the molecule is CCC(c1ccccc1)c1c(O)oc2ccccc2c1=O. The molecule has 0 radical (unpaired) electrons. The number of fused-ring (bicyclic) bond motifs is 1. The first kappa shape index (κ1) is 13.4. The van der Waals surface area contributed by atoms with Gasteiger partial charge in [0, 0.05) is 5.92 Å². The van der Waals surface area contributed by atoms with Crippen LogP contribution in [0.25, 0.3) is 11.0 Å². The Hall–Kier alpha value is -2.55. The van der Waals surface area contributed by atoms with E-state index < -0.39 is 0 Å². The second-order valence-corrected chi connectivity index (χ2v) is 5.02. The van der Waals surface area contributed by atoms with E-state index in [0.29, 0.717) is 23.0 Å². The zero-order chi connectivity index (χ0) is 14.8. The summed E-state index contributed by atoms with van der Waals surface area (Å²) in [5.74, 6) is -0.457. The second-order valence-electron chi connectivity index (χ2n) is 5.02. The second kappa shape index (κ2) is 5.44. The first-order valence-corrected chi connectivity index (χ1v) is 7.02. The maximum absolute atomic E-state index is 12.7. The molecule has 0 spiro atoms. The highest BCUT2D eigenvalue weighted by Crippen LogP contribution is 2.33. The van der Waals surface area contributed by atoms with E-state index in [0.717, 1.165) is 5.56 Å². The van der Waals surface area contributed by atoms with E-state index in [-0.39, 0.29) is 17.3 Å². The predicted octanol–water partition coefficient (Wildman–Crippen LogP) is 4.04. The third-order valence-electron chi connectivity index (χ3n) is 3.77. The van der Waals surface area contributed by atoms with Crippen LogP contribution in [-0.4, -0.2) is 5.11 Å². The Balaban J connectivity index is 2.26. The minimum absolute atomic E-state index is 0.162. The van der Waals surface area contributed by atoms with Crippen LogP contribution < -0.4 is 5.43 Å². The molecule has 3 heteroatoms. The average Bonchev–Trinajstić information content (AvgIpc) is 2.52. The van der Waals surface area contributed by atoms with Crippen LogP contribution in [0.3, 0.4) is 0 Å². The first-order valence-electron chi connectivity index (χ1n) is 7.02. The van der Waals surface area contributed by atoms with Gasteiger partial charge in [-0.1, -0.05) is 49.4 Å². The van der Waals surface area contributed by atoms with Crippen molar-refractivity contribution in [2.75, 3.05) is 0 Å². The predicted molar refractivity (Wildman–Crippen MR) is 82.7 cm³/mol. The standard InChI is InChI=1S/C18H16O3/c1-2-13(12-8-4-3-5-9-12)16-17(19)14-10-6-7-11-15(14)21-18(16)20/h3-11,13,20H,2H2,1H3. The van der Waals surface area contributed by atoms with Gasteiger partial charge in [-0.3, -0.25) is 4.79 Å². The number of para-hydroxylation sites is 1. The van der Waals surface area contributed by atoms with Gasteiger partial charge < -0.3 is 9.52 Å². The van der Waals surface area contributed by atoms with Crippen molar-refractivity contribution in [1.82, 2.24) is 0 Å². The zero-order valence-corrected chi connectivity index (χ0v) is 11.7. The molecule has 1 heterocycles. The van der Waals surface area contributed by atoms with Crippen molar-refractivity contribution in [2.45, 2.75) is 19.3 Å². The van der Waals surface area contributed by atoms with E-state index in [4.69, 9.17) is 4.42 Å². The molecule has 0 aliphatic heterocycles. The van der Waals surface area contributed by atoms with Gasteiger partial charge in [0.25, 0.3) is 5.95 Å². The topological polar surface area (TPSA) is 50.4 Å². The van der Waals surface area contributed by atoms with Crippen molar-refractivity contribution in [1.29, 1.82) is 0 Å². The van der Waals surface area contributed by atoms with Gasteiger partial charge in [-0.25, -0.2) is 0 Å². The minimum atomic E-state index is -0.283. The van der Waals surface area contributed by atoms with Crippen LogP contribution in [0.5, 0.6) is 5.95 Å². The maximum atomic E-state index is 12.7. The van der Waals surface area contributed by atoms with E-state index in [1.54, 1.807) is 24.3 Å². The van der Waals surface area contributed by atoms with Crippen molar-refractivity contribution in [3.63, 3.8) is 0 Å². The Labute approximate surface area is 122 Å². The van der Waals surface area contributed by atoms with E-state index in [1.165, 1.54) is 0 Å². The molecule has 0 aliphatic carbocycles. The van der Waals surface area contributed by atoms with E-state index in [9.17, 15) is 9.90 Å². The van der Waals surface area contributed by atoms with Crippen molar-refractivity contribution < 1.29 is 9.52 Å². The molecule has 21 heavy (non-hydrogen) atoms. The molecule has 1 atom stereocenters. The molecule has 0 amide bonds. The summed E-state index contributed by atoms with van der Waals surface area (Å²) in [7, 11) is 0. The van der Waals surface area contributed by atoms with E-state index >= 15 is 0 Å². The Morgan fingerprint density at radius 1 is 1.05 bits per heavy atom. The van der Waals surface area contributed by atoms with E-state index in [1.807, 2.05) is 37.3 Å². The molecule has 0 saturated heterocycles. The molecule has 1 aromatic heterocycles. The van der Waals surface area contributed by atoms with Gasteiger partial charge >= 0.3 is 0 Å². The number of benzene rings is 2. The van der Waals surface area contributed by atoms with Gasteiger partial charge in [0.05, 0.1) is 10.9 Å². The summed E-state index contributed by atoms with van der Waals surface area (Å²) in [5, 5.41) is 10.7. The molecule has 0 fully saturated rings. The summed E-state index contributed by atoms with van der Waals surface area (Å²) in [6, 6.07) is 16.7. The lowest BCUT2D eigenvalue weighted by Gasteiger charge is -2.16. The van der Waals surface area contributed by atoms with Crippen LogP contribution in [0.2, 0.25) is 0 Å². The number of rotatable bonds is 3. The molecule has 1 unspecified atom stereocenters. The highest BCUT2D eigenvalue weighted by Gasteiger charge is 2.23. The van der Waals surface area contributed by atoms with Gasteiger partial charge in [-0.05, 0) is 24.1 Å². The molecule has 0 bridgehead atoms. The van der Waals surface area contributed by atoms with Gasteiger partial charge in [-0.15, -0.1) is 0 Å². The van der Waals surface area contributed by atoms with E-state index in [2.05, 4.69) is 0 Å². The van der Waals surface area contributed by atoms with Crippen molar-refractivity contribution in [3.05, 3.63) is 75.9 Å². The molecule has 3 nitrogen and oxygen atoms in total. The summed E-state index contributed by atoms with van der Waals surface area (Å²) < 4.78 is 5.43. The number of aromatic hydroxyl groups is 1. The van der Waals surface area contributed by atoms with Crippen LogP contribution in [0.4, 0.5) is 0 Å². The van der Waals surface area contributed by atoms with Crippen LogP contribution >= 0.6 is 0 Å². The largest absolute Gasteiger partial charge is 0.480 e. The lowest BCUT2D eigenvalue weighted by molar-refractivity contribution is 0.329. The summed E-state index contributed by atoms with van der Waals surface area (Å²) in [4.78, 5) is 12.7. The Morgan fingerprint density at radius 2 is 1.71 bits per heavy atom. The molecule has 0 saturated carbocycles. The summed E-state index contributed by atoms with van der Waals surface area (Å²) in [6.45, 7) is 1.99. The van der Waals surface area contributed by atoms with Crippen LogP contribution in [-0.2, 0) is 0 Å². The fourth-order valence-corrected chi connectivity index (χ4v) is 2.74. The zero-order valence-electron chi connectivity index (χ0n) is 11.7. The van der Waals surface area contributed by atoms with Gasteiger partial charge in [0.2, 0.25) is 0 Å². The Kier molecular flexibility index (Phi) is 3.48. The van der Waals surface area contributed by atoms with Crippen LogP contribution in [0.1, 0.15) is 30.4 Å². The molecular formula is C18H16O3. The average molecular weight is 280 g/mol. The molecule has 3 rings (SSSR count). The summed E-state index contributed by atoms with van der Waals surface area (Å²) in [5.41, 5.74) is 1.58. The van der Waals surface area contributed by atoms with Gasteiger partial charge in [0.15, 0.2) is 5.43 Å². The van der Waals surface area contributed by atoms with Gasteiger partial charge in [-0.2, -0.15) is 0 Å². The van der Waals surface area contributed by atoms with Crippen LogP contribution in [0.15, 0.2) is 63.8 Å². The number of hydrogen-bond acceptors (Lipinski definition) is 3. The minimum Gasteiger partial charge on any atom is -0.480 e. The van der Waals surface area contributed by atoms with Gasteiger partial charge in [0.1, 0.15) is 5.58 Å². The van der Waals surface area contributed by atoms with Crippen LogP contribution in [0, 0.1) is 0 Å². The maximum Gasteiger partial charge on any atom is 0.290 e. The highest BCUT2D eigenvalue weighted by atomic mass is 16.5. The molecule has 3 aromatic rings. The van der Waals surface area contributed by atoms with Crippen molar-refractivity contribution in [2.24, 2.45) is 0 Å². The smallest absolute Gasteiger partial charge is 0.290 e. The lowest BCUT2D eigenvalue weighted by Crippen LogP contribution is -2.14. The summed E-state index contributed by atoms with van der Waals surface area (Å²) in [6.07, 6.45) is 0.709. The Morgan fingerprint density at radius 3 is 2.43 bits per heavy atom.